The summed E-state index contributed by atoms with van der Waals surface area (Å²) in [4.78, 5) is 22.4. The second-order valence-electron chi connectivity index (χ2n) is 3.52. The predicted octanol–water partition coefficient (Wildman–Crippen LogP) is 3.03. The van der Waals surface area contributed by atoms with E-state index < -0.39 is 0 Å². The molecule has 0 heterocycles. The van der Waals surface area contributed by atoms with Crippen LogP contribution in [0.25, 0.3) is 0 Å². The lowest BCUT2D eigenvalue weighted by molar-refractivity contribution is 0.103. The second-order valence-corrected chi connectivity index (χ2v) is 3.95. The third-order valence-electron chi connectivity index (χ3n) is 2.37. The number of carbonyl (C=O) groups is 1. The summed E-state index contributed by atoms with van der Waals surface area (Å²) in [5.74, 6) is -0.0980. The van der Waals surface area contributed by atoms with Gasteiger partial charge in [-0.15, -0.1) is 0 Å². The van der Waals surface area contributed by atoms with E-state index in [1.165, 1.54) is 0 Å². The third-order valence-corrected chi connectivity index (χ3v) is 2.62. The van der Waals surface area contributed by atoms with Crippen molar-refractivity contribution in [2.75, 3.05) is 0 Å². The number of hydrogen-bond donors (Lipinski definition) is 0. The molecule has 0 saturated heterocycles. The summed E-state index contributed by atoms with van der Waals surface area (Å²) in [5, 5.41) is 0.590. The highest BCUT2D eigenvalue weighted by molar-refractivity contribution is 6.30. The number of ketones is 1. The molecule has 0 spiro atoms. The van der Waals surface area contributed by atoms with Gasteiger partial charge in [-0.3, -0.25) is 9.59 Å². The van der Waals surface area contributed by atoms with Gasteiger partial charge in [-0.1, -0.05) is 35.9 Å². The quantitative estimate of drug-likeness (QED) is 0.777. The van der Waals surface area contributed by atoms with E-state index in [2.05, 4.69) is 0 Å². The fraction of sp³-hybridized carbons (Fsp3) is 0. The van der Waals surface area contributed by atoms with Crippen molar-refractivity contribution in [2.45, 2.75) is 0 Å². The predicted molar refractivity (Wildman–Crippen MR) is 66.1 cm³/mol. The van der Waals surface area contributed by atoms with E-state index in [0.717, 1.165) is 0 Å². The van der Waals surface area contributed by atoms with Crippen LogP contribution < -0.4 is 0 Å². The standard InChI is InChI=1S/C14H8ClO2/c15-13-7-5-12(6-8-13)14(17)11-3-1-10(9-16)2-4-11/h1-8H. The molecule has 0 unspecified atom stereocenters. The zero-order valence-electron chi connectivity index (χ0n) is 8.81. The zero-order chi connectivity index (χ0) is 12.3. The molecule has 0 N–H and O–H groups in total. The van der Waals surface area contributed by atoms with E-state index in [9.17, 15) is 9.59 Å². The fourth-order valence-electron chi connectivity index (χ4n) is 1.46. The first kappa shape index (κ1) is 11.6. The molecular formula is C14H8ClO2. The van der Waals surface area contributed by atoms with E-state index in [0.29, 0.717) is 21.7 Å². The average molecular weight is 244 g/mol. The van der Waals surface area contributed by atoms with Gasteiger partial charge >= 0.3 is 0 Å². The first-order valence-corrected chi connectivity index (χ1v) is 5.37. The minimum Gasteiger partial charge on any atom is -0.289 e. The molecule has 0 aliphatic rings. The van der Waals surface area contributed by atoms with Crippen molar-refractivity contribution >= 4 is 23.7 Å². The third kappa shape index (κ3) is 2.60. The van der Waals surface area contributed by atoms with E-state index in [-0.39, 0.29) is 5.78 Å². The summed E-state index contributed by atoms with van der Waals surface area (Å²) in [6.07, 6.45) is 1.76. The summed E-state index contributed by atoms with van der Waals surface area (Å²) >= 11 is 5.75. The highest BCUT2D eigenvalue weighted by Gasteiger charge is 2.08. The molecule has 0 bridgehead atoms. The molecule has 0 aromatic heterocycles. The topological polar surface area (TPSA) is 34.1 Å². The maximum atomic E-state index is 12.0. The highest BCUT2D eigenvalue weighted by Crippen LogP contribution is 2.14. The van der Waals surface area contributed by atoms with Crippen LogP contribution in [0.2, 0.25) is 5.02 Å². The van der Waals surface area contributed by atoms with E-state index in [1.54, 1.807) is 54.8 Å². The summed E-state index contributed by atoms with van der Waals surface area (Å²) in [6.45, 7) is 0. The summed E-state index contributed by atoms with van der Waals surface area (Å²) in [7, 11) is 0. The van der Waals surface area contributed by atoms with Gasteiger partial charge in [0.2, 0.25) is 6.29 Å². The minimum atomic E-state index is -0.0980. The van der Waals surface area contributed by atoms with Crippen molar-refractivity contribution in [2.24, 2.45) is 0 Å². The van der Waals surface area contributed by atoms with Crippen molar-refractivity contribution in [3.63, 3.8) is 0 Å². The van der Waals surface area contributed by atoms with Crippen LogP contribution in [-0.2, 0) is 4.79 Å². The number of benzene rings is 2. The van der Waals surface area contributed by atoms with Gasteiger partial charge in [0.05, 0.1) is 0 Å². The maximum absolute atomic E-state index is 12.0. The lowest BCUT2D eigenvalue weighted by Gasteiger charge is -2.01. The van der Waals surface area contributed by atoms with Gasteiger partial charge in [-0.25, -0.2) is 0 Å². The van der Waals surface area contributed by atoms with Gasteiger partial charge in [0.1, 0.15) is 0 Å². The van der Waals surface area contributed by atoms with Gasteiger partial charge < -0.3 is 0 Å². The van der Waals surface area contributed by atoms with E-state index >= 15 is 0 Å². The van der Waals surface area contributed by atoms with Crippen LogP contribution in [0, 0.1) is 0 Å². The minimum absolute atomic E-state index is 0.0980. The Morgan fingerprint density at radius 2 is 1.35 bits per heavy atom. The summed E-state index contributed by atoms with van der Waals surface area (Å²) < 4.78 is 0. The van der Waals surface area contributed by atoms with E-state index in [4.69, 9.17) is 11.6 Å². The molecule has 0 aliphatic heterocycles. The number of hydrogen-bond acceptors (Lipinski definition) is 2. The zero-order valence-corrected chi connectivity index (χ0v) is 9.57. The molecule has 0 fully saturated rings. The van der Waals surface area contributed by atoms with Crippen LogP contribution >= 0.6 is 11.6 Å². The summed E-state index contributed by atoms with van der Waals surface area (Å²) in [6, 6.07) is 13.0. The lowest BCUT2D eigenvalue weighted by atomic mass is 10.0. The molecule has 0 saturated carbocycles. The molecule has 3 heteroatoms. The van der Waals surface area contributed by atoms with Crippen LogP contribution in [0.1, 0.15) is 21.5 Å². The molecule has 0 amide bonds. The van der Waals surface area contributed by atoms with E-state index in [1.807, 2.05) is 0 Å². The molecule has 17 heavy (non-hydrogen) atoms. The Bertz CT molecular complexity index is 541. The van der Waals surface area contributed by atoms with Crippen LogP contribution in [0.15, 0.2) is 48.5 Å². The lowest BCUT2D eigenvalue weighted by Crippen LogP contribution is -2.00. The fourth-order valence-corrected chi connectivity index (χ4v) is 1.58. The molecule has 0 atom stereocenters. The van der Waals surface area contributed by atoms with Gasteiger partial charge in [-0.05, 0) is 24.3 Å². The molecule has 2 nitrogen and oxygen atoms in total. The van der Waals surface area contributed by atoms with Gasteiger partial charge in [0.15, 0.2) is 5.78 Å². The Hall–Kier alpha value is -1.93. The first-order valence-electron chi connectivity index (χ1n) is 4.99. The SMILES string of the molecule is O=[C]c1ccc(C(=O)c2ccc(Cl)cc2)cc1. The van der Waals surface area contributed by atoms with Gasteiger partial charge in [0, 0.05) is 21.7 Å². The Morgan fingerprint density at radius 3 is 1.82 bits per heavy atom. The molecule has 83 valence electrons. The van der Waals surface area contributed by atoms with Gasteiger partial charge in [0.25, 0.3) is 0 Å². The summed E-state index contributed by atoms with van der Waals surface area (Å²) in [5.41, 5.74) is 1.53. The first-order chi connectivity index (χ1) is 8.20. The van der Waals surface area contributed by atoms with Crippen LogP contribution in [0.4, 0.5) is 0 Å². The van der Waals surface area contributed by atoms with Crippen molar-refractivity contribution in [3.05, 3.63) is 70.2 Å². The largest absolute Gasteiger partial charge is 0.289 e. The molecule has 2 aromatic carbocycles. The molecule has 2 aromatic rings. The Labute approximate surface area is 104 Å². The number of halogens is 1. The molecular weight excluding hydrogens is 236 g/mol. The monoisotopic (exact) mass is 243 g/mol. The van der Waals surface area contributed by atoms with Gasteiger partial charge in [-0.2, -0.15) is 0 Å². The number of rotatable bonds is 3. The Balaban J connectivity index is 2.30. The van der Waals surface area contributed by atoms with Crippen LogP contribution in [0.5, 0.6) is 0 Å². The average Bonchev–Trinajstić information content (AvgIpc) is 2.39. The Kier molecular flexibility index (Phi) is 3.35. The molecule has 2 rings (SSSR count). The normalized spacial score (nSPS) is 9.94. The van der Waals surface area contributed by atoms with Crippen molar-refractivity contribution < 1.29 is 9.59 Å². The van der Waals surface area contributed by atoms with Crippen LogP contribution in [-0.4, -0.2) is 12.1 Å². The smallest absolute Gasteiger partial charge is 0.233 e. The molecule has 0 aliphatic carbocycles. The van der Waals surface area contributed by atoms with Crippen LogP contribution in [0.3, 0.4) is 0 Å². The van der Waals surface area contributed by atoms with Crippen molar-refractivity contribution in [1.29, 1.82) is 0 Å². The maximum Gasteiger partial charge on any atom is 0.233 e. The molecule has 1 radical (unpaired) electrons. The second kappa shape index (κ2) is 4.93. The van der Waals surface area contributed by atoms with Crippen molar-refractivity contribution in [1.82, 2.24) is 0 Å². The Morgan fingerprint density at radius 1 is 0.882 bits per heavy atom. The number of carbonyl (C=O) groups excluding carboxylic acids is 2. The van der Waals surface area contributed by atoms with Crippen molar-refractivity contribution in [3.8, 4) is 0 Å². The highest BCUT2D eigenvalue weighted by atomic mass is 35.5.